The molecule has 2 aromatic rings. The number of anilines is 2. The fourth-order valence-electron chi connectivity index (χ4n) is 6.42. The summed E-state index contributed by atoms with van der Waals surface area (Å²) in [4.78, 5) is 47.5. The molecule has 2 aromatic carbocycles. The van der Waals surface area contributed by atoms with E-state index in [4.69, 9.17) is 9.73 Å². The lowest BCUT2D eigenvalue weighted by Crippen LogP contribution is -2.49. The van der Waals surface area contributed by atoms with Crippen molar-refractivity contribution in [1.82, 2.24) is 20.4 Å². The first-order valence-electron chi connectivity index (χ1n) is 17.4. The smallest absolute Gasteiger partial charge is 0.249 e. The fourth-order valence-corrected chi connectivity index (χ4v) is 7.57. The lowest BCUT2D eigenvalue weighted by Gasteiger charge is -2.38. The number of piperazine rings is 1. The number of hydrogen-bond donors (Lipinski definition) is 3. The number of amidine groups is 1. The molecule has 6 rings (SSSR count). The van der Waals surface area contributed by atoms with Crippen molar-refractivity contribution in [2.75, 3.05) is 82.0 Å². The molecule has 258 valence electrons. The van der Waals surface area contributed by atoms with Gasteiger partial charge in [0, 0.05) is 81.0 Å². The Kier molecular flexibility index (Phi) is 11.9. The number of benzene rings is 2. The molecule has 48 heavy (non-hydrogen) atoms. The maximum Gasteiger partial charge on any atom is 0.249 e. The minimum absolute atomic E-state index is 0.197. The van der Waals surface area contributed by atoms with Crippen molar-refractivity contribution in [3.63, 3.8) is 0 Å². The molecule has 3 heterocycles. The highest BCUT2D eigenvalue weighted by molar-refractivity contribution is 8.00. The Labute approximate surface area is 288 Å². The molecule has 4 fully saturated rings. The summed E-state index contributed by atoms with van der Waals surface area (Å²) < 4.78 is 5.92. The number of imide groups is 1. The van der Waals surface area contributed by atoms with Crippen LogP contribution in [-0.4, -0.2) is 117 Å². The highest BCUT2D eigenvalue weighted by Gasteiger charge is 2.27. The predicted octanol–water partition coefficient (Wildman–Crippen LogP) is 3.77. The summed E-state index contributed by atoms with van der Waals surface area (Å²) in [7, 11) is 1.90. The van der Waals surface area contributed by atoms with Gasteiger partial charge in [-0.15, -0.1) is 0 Å². The number of thioether (sulfide) groups is 1. The molecular formula is C36H49N7O4S. The zero-order valence-electron chi connectivity index (χ0n) is 28.0. The Bertz CT molecular complexity index is 1430. The summed E-state index contributed by atoms with van der Waals surface area (Å²) in [6, 6.07) is 13.5. The first-order chi connectivity index (χ1) is 23.4. The minimum atomic E-state index is -0.364. The summed E-state index contributed by atoms with van der Waals surface area (Å²) in [5.74, 6) is 2.67. The number of likely N-dealkylation sites (tertiary alicyclic amines) is 1. The van der Waals surface area contributed by atoms with Crippen LogP contribution < -0.4 is 25.6 Å². The monoisotopic (exact) mass is 675 g/mol. The van der Waals surface area contributed by atoms with Gasteiger partial charge in [-0.3, -0.25) is 24.6 Å². The Morgan fingerprint density at radius 1 is 0.958 bits per heavy atom. The van der Waals surface area contributed by atoms with Crippen molar-refractivity contribution in [3.8, 4) is 5.75 Å². The van der Waals surface area contributed by atoms with Crippen LogP contribution in [0.4, 0.5) is 17.1 Å². The standard InChI is InChI=1S/C36H49N7O4S/c1-37-34(39-33-22-30(9-4-27(33)23-44)47-24-26-2-3-26)25-48-31-12-14-41(15-13-31)16-17-42-18-20-43(21-19-42)29-7-5-28(6-8-29)38-32-10-11-35(45)40-36(32)46/h4-9,22-23,26,31-32,38H,2-3,10-21,24-25H2,1H3,(H,37,39)(H,40,45,46). The second kappa shape index (κ2) is 16.7. The van der Waals surface area contributed by atoms with Crippen LogP contribution in [0.2, 0.25) is 0 Å². The average Bonchev–Trinajstić information content (AvgIpc) is 3.95. The summed E-state index contributed by atoms with van der Waals surface area (Å²) in [6.07, 6.45) is 6.59. The minimum Gasteiger partial charge on any atom is -0.493 e. The highest BCUT2D eigenvalue weighted by Crippen LogP contribution is 2.31. The molecule has 2 amide bonds. The van der Waals surface area contributed by atoms with E-state index >= 15 is 0 Å². The van der Waals surface area contributed by atoms with Gasteiger partial charge in [0.2, 0.25) is 11.8 Å². The van der Waals surface area contributed by atoms with Crippen molar-refractivity contribution in [2.45, 2.75) is 49.8 Å². The molecule has 11 nitrogen and oxygen atoms in total. The lowest BCUT2D eigenvalue weighted by molar-refractivity contribution is -0.133. The van der Waals surface area contributed by atoms with Crippen LogP contribution >= 0.6 is 11.8 Å². The number of rotatable bonds is 14. The van der Waals surface area contributed by atoms with Gasteiger partial charge in [0.05, 0.1) is 18.0 Å². The Balaban J connectivity index is 0.878. The van der Waals surface area contributed by atoms with Crippen LogP contribution in [0, 0.1) is 5.92 Å². The Morgan fingerprint density at radius 3 is 2.35 bits per heavy atom. The maximum atomic E-state index is 12.1. The van der Waals surface area contributed by atoms with Gasteiger partial charge in [-0.05, 0) is 87.5 Å². The number of aliphatic imine (C=N–C) groups is 1. The molecule has 0 spiro atoms. The predicted molar refractivity (Wildman–Crippen MR) is 193 cm³/mol. The average molecular weight is 676 g/mol. The molecule has 3 aliphatic heterocycles. The lowest BCUT2D eigenvalue weighted by atomic mass is 10.1. The molecule has 0 bridgehead atoms. The normalized spacial score (nSPS) is 21.6. The number of ether oxygens (including phenoxy) is 1. The van der Waals surface area contributed by atoms with E-state index in [1.807, 2.05) is 43.1 Å². The van der Waals surface area contributed by atoms with E-state index in [-0.39, 0.29) is 17.9 Å². The topological polar surface area (TPSA) is 119 Å². The summed E-state index contributed by atoms with van der Waals surface area (Å²) in [6.45, 7) is 9.29. The van der Waals surface area contributed by atoms with Crippen molar-refractivity contribution in [2.24, 2.45) is 10.9 Å². The van der Waals surface area contributed by atoms with Crippen LogP contribution in [-0.2, 0) is 9.59 Å². The van der Waals surface area contributed by atoms with Gasteiger partial charge in [-0.1, -0.05) is 0 Å². The van der Waals surface area contributed by atoms with Gasteiger partial charge >= 0.3 is 0 Å². The second-order valence-corrected chi connectivity index (χ2v) is 14.6. The second-order valence-electron chi connectivity index (χ2n) is 13.3. The number of aldehydes is 1. The summed E-state index contributed by atoms with van der Waals surface area (Å²) in [5.41, 5.74) is 3.34. The van der Waals surface area contributed by atoms with E-state index in [1.54, 1.807) is 6.07 Å². The third-order valence-corrected chi connectivity index (χ3v) is 11.1. The SMILES string of the molecule is CN/C(CSC1CCN(CCN2CCN(c3ccc(NC4CCC(=O)NC4=O)cc3)CC2)CC1)=N\c1cc(OCC2CC2)ccc1C=O. The first-order valence-corrected chi connectivity index (χ1v) is 18.5. The highest BCUT2D eigenvalue weighted by atomic mass is 32.2. The van der Waals surface area contributed by atoms with Crippen molar-refractivity contribution in [3.05, 3.63) is 48.0 Å². The quantitative estimate of drug-likeness (QED) is 0.118. The van der Waals surface area contributed by atoms with Gasteiger partial charge < -0.3 is 25.2 Å². The van der Waals surface area contributed by atoms with E-state index in [9.17, 15) is 14.4 Å². The fraction of sp³-hybridized carbons (Fsp3) is 0.556. The van der Waals surface area contributed by atoms with E-state index in [1.165, 1.54) is 31.4 Å². The molecule has 0 radical (unpaired) electrons. The number of amides is 2. The number of hydrogen-bond acceptors (Lipinski definition) is 10. The molecule has 1 aliphatic carbocycles. The molecule has 3 saturated heterocycles. The van der Waals surface area contributed by atoms with Gasteiger partial charge in [0.25, 0.3) is 0 Å². The van der Waals surface area contributed by atoms with E-state index < -0.39 is 0 Å². The zero-order chi connectivity index (χ0) is 33.3. The van der Waals surface area contributed by atoms with Gasteiger partial charge in [0.1, 0.15) is 17.6 Å². The maximum absolute atomic E-state index is 12.1. The number of carbonyl (C=O) groups is 3. The zero-order valence-corrected chi connectivity index (χ0v) is 28.8. The van der Waals surface area contributed by atoms with Gasteiger partial charge in [-0.25, -0.2) is 4.99 Å². The largest absolute Gasteiger partial charge is 0.493 e. The van der Waals surface area contributed by atoms with Crippen molar-refractivity contribution < 1.29 is 19.1 Å². The van der Waals surface area contributed by atoms with Gasteiger partial charge in [-0.2, -0.15) is 11.8 Å². The van der Waals surface area contributed by atoms with Crippen LogP contribution in [0.25, 0.3) is 0 Å². The number of nitrogens with zero attached hydrogens (tertiary/aromatic N) is 4. The molecular weight excluding hydrogens is 627 g/mol. The van der Waals surface area contributed by atoms with Crippen molar-refractivity contribution >= 4 is 52.8 Å². The van der Waals surface area contributed by atoms with Gasteiger partial charge in [0.15, 0.2) is 6.29 Å². The van der Waals surface area contributed by atoms with E-state index in [0.717, 1.165) is 88.3 Å². The van der Waals surface area contributed by atoms with Crippen LogP contribution in [0.15, 0.2) is 47.5 Å². The Morgan fingerprint density at radius 2 is 1.69 bits per heavy atom. The van der Waals surface area contributed by atoms with E-state index in [2.05, 4.69) is 42.8 Å². The molecule has 12 heteroatoms. The van der Waals surface area contributed by atoms with Crippen LogP contribution in [0.5, 0.6) is 5.75 Å². The van der Waals surface area contributed by atoms with Crippen LogP contribution in [0.3, 0.4) is 0 Å². The number of piperidine rings is 2. The molecule has 1 unspecified atom stereocenters. The third-order valence-electron chi connectivity index (χ3n) is 9.76. The summed E-state index contributed by atoms with van der Waals surface area (Å²) in [5, 5.41) is 9.51. The molecule has 4 aliphatic rings. The molecule has 0 aromatic heterocycles. The molecule has 1 atom stereocenters. The van der Waals surface area contributed by atoms with E-state index in [0.29, 0.717) is 35.3 Å². The Hall–Kier alpha value is -3.61. The summed E-state index contributed by atoms with van der Waals surface area (Å²) >= 11 is 1.96. The first kappa shape index (κ1) is 34.3. The molecule has 3 N–H and O–H groups in total. The third kappa shape index (κ3) is 9.73. The molecule has 1 saturated carbocycles. The van der Waals surface area contributed by atoms with Crippen LogP contribution in [0.1, 0.15) is 48.9 Å². The van der Waals surface area contributed by atoms with Crippen molar-refractivity contribution in [1.29, 1.82) is 0 Å². The number of nitrogens with one attached hydrogen (secondary N) is 3. The number of carbonyl (C=O) groups excluding carboxylic acids is 3.